The monoisotopic (exact) mass is 168 g/mol. The van der Waals surface area contributed by atoms with Gasteiger partial charge in [-0.25, -0.2) is 4.98 Å². The molecule has 1 rings (SSSR count). The van der Waals surface area contributed by atoms with Crippen LogP contribution in [0.15, 0.2) is 17.1 Å². The molecule has 0 saturated heterocycles. The fourth-order valence-corrected chi connectivity index (χ4v) is 0.769. The summed E-state index contributed by atoms with van der Waals surface area (Å²) < 4.78 is 0. The Labute approximate surface area is 70.0 Å². The van der Waals surface area contributed by atoms with Gasteiger partial charge in [0.1, 0.15) is 0 Å². The second-order valence-corrected chi connectivity index (χ2v) is 2.35. The van der Waals surface area contributed by atoms with E-state index < -0.39 is 0 Å². The van der Waals surface area contributed by atoms with Crippen molar-refractivity contribution in [1.29, 1.82) is 0 Å². The standard InChI is InChI=1S/C7H12N4O/c8-3-1-4-9-7-10-5-2-6(12)11-7/h2,5H,1,3-4,8H2,(H2,9,10,11,12). The third-order valence-electron chi connectivity index (χ3n) is 1.34. The molecule has 1 aromatic heterocycles. The van der Waals surface area contributed by atoms with Gasteiger partial charge in [-0.1, -0.05) is 0 Å². The number of anilines is 1. The van der Waals surface area contributed by atoms with Crippen molar-refractivity contribution in [2.45, 2.75) is 6.42 Å². The van der Waals surface area contributed by atoms with Crippen LogP contribution in [0.4, 0.5) is 5.95 Å². The number of hydrogen-bond acceptors (Lipinski definition) is 4. The zero-order chi connectivity index (χ0) is 8.81. The molecule has 5 heteroatoms. The molecular weight excluding hydrogens is 156 g/mol. The number of nitrogens with two attached hydrogens (primary N) is 1. The number of rotatable bonds is 4. The average molecular weight is 168 g/mol. The molecule has 1 heterocycles. The Kier molecular flexibility index (Phi) is 3.28. The lowest BCUT2D eigenvalue weighted by Crippen LogP contribution is -2.14. The second-order valence-electron chi connectivity index (χ2n) is 2.35. The third kappa shape index (κ3) is 2.71. The molecule has 0 atom stereocenters. The summed E-state index contributed by atoms with van der Waals surface area (Å²) in [4.78, 5) is 17.2. The van der Waals surface area contributed by atoms with Gasteiger partial charge in [-0.15, -0.1) is 0 Å². The Morgan fingerprint density at radius 1 is 1.67 bits per heavy atom. The summed E-state index contributed by atoms with van der Waals surface area (Å²) in [6.07, 6.45) is 2.32. The maximum atomic E-state index is 10.8. The largest absolute Gasteiger partial charge is 0.356 e. The van der Waals surface area contributed by atoms with Gasteiger partial charge in [0.2, 0.25) is 5.95 Å². The van der Waals surface area contributed by atoms with E-state index in [1.54, 1.807) is 0 Å². The van der Waals surface area contributed by atoms with Crippen molar-refractivity contribution in [1.82, 2.24) is 9.97 Å². The first-order valence-electron chi connectivity index (χ1n) is 3.82. The molecule has 12 heavy (non-hydrogen) atoms. The van der Waals surface area contributed by atoms with Crippen LogP contribution in [-0.4, -0.2) is 23.1 Å². The van der Waals surface area contributed by atoms with Gasteiger partial charge in [-0.05, 0) is 13.0 Å². The van der Waals surface area contributed by atoms with Crippen LogP contribution in [0.2, 0.25) is 0 Å². The lowest BCUT2D eigenvalue weighted by Gasteiger charge is -2.01. The molecule has 66 valence electrons. The summed E-state index contributed by atoms with van der Waals surface area (Å²) in [7, 11) is 0. The Hall–Kier alpha value is -1.36. The fourth-order valence-electron chi connectivity index (χ4n) is 0.769. The normalized spacial score (nSPS) is 9.75. The van der Waals surface area contributed by atoms with Gasteiger partial charge < -0.3 is 11.1 Å². The molecular formula is C7H12N4O. The fraction of sp³-hybridized carbons (Fsp3) is 0.429. The van der Waals surface area contributed by atoms with Gasteiger partial charge in [0.05, 0.1) is 0 Å². The Morgan fingerprint density at radius 3 is 3.17 bits per heavy atom. The van der Waals surface area contributed by atoms with E-state index in [-0.39, 0.29) is 5.56 Å². The van der Waals surface area contributed by atoms with E-state index in [4.69, 9.17) is 5.73 Å². The number of H-pyrrole nitrogens is 1. The summed E-state index contributed by atoms with van der Waals surface area (Å²) in [6, 6.07) is 1.37. The number of hydrogen-bond donors (Lipinski definition) is 3. The molecule has 0 saturated carbocycles. The molecule has 0 aliphatic carbocycles. The van der Waals surface area contributed by atoms with Gasteiger partial charge in [0.15, 0.2) is 0 Å². The van der Waals surface area contributed by atoms with Crippen LogP contribution in [0.1, 0.15) is 6.42 Å². The first kappa shape index (κ1) is 8.73. The summed E-state index contributed by atoms with van der Waals surface area (Å²) >= 11 is 0. The molecule has 0 unspecified atom stereocenters. The lowest BCUT2D eigenvalue weighted by atomic mass is 10.4. The van der Waals surface area contributed by atoms with E-state index in [1.807, 2.05) is 0 Å². The van der Waals surface area contributed by atoms with Crippen molar-refractivity contribution < 1.29 is 0 Å². The Morgan fingerprint density at radius 2 is 2.50 bits per heavy atom. The van der Waals surface area contributed by atoms with Crippen LogP contribution in [0.5, 0.6) is 0 Å². The molecule has 1 aromatic rings. The number of nitrogens with zero attached hydrogens (tertiary/aromatic N) is 1. The number of aromatic nitrogens is 2. The molecule has 0 aliphatic rings. The van der Waals surface area contributed by atoms with Crippen molar-refractivity contribution in [2.75, 3.05) is 18.4 Å². The van der Waals surface area contributed by atoms with E-state index >= 15 is 0 Å². The third-order valence-corrected chi connectivity index (χ3v) is 1.34. The van der Waals surface area contributed by atoms with Gasteiger partial charge in [0.25, 0.3) is 5.56 Å². The van der Waals surface area contributed by atoms with Crippen molar-refractivity contribution >= 4 is 5.95 Å². The van der Waals surface area contributed by atoms with Crippen LogP contribution in [0.25, 0.3) is 0 Å². The highest BCUT2D eigenvalue weighted by Gasteiger charge is 1.91. The van der Waals surface area contributed by atoms with E-state index in [0.717, 1.165) is 13.0 Å². The smallest absolute Gasteiger partial charge is 0.252 e. The van der Waals surface area contributed by atoms with Crippen molar-refractivity contribution in [3.8, 4) is 0 Å². The zero-order valence-electron chi connectivity index (χ0n) is 6.71. The quantitative estimate of drug-likeness (QED) is 0.531. The molecule has 0 amide bonds. The number of nitrogens with one attached hydrogen (secondary N) is 2. The summed E-state index contributed by atoms with van der Waals surface area (Å²) in [5, 5.41) is 2.94. The highest BCUT2D eigenvalue weighted by molar-refractivity contribution is 5.21. The predicted octanol–water partition coefficient (Wildman–Crippen LogP) is -0.469. The molecule has 0 aromatic carbocycles. The van der Waals surface area contributed by atoms with Crippen LogP contribution in [-0.2, 0) is 0 Å². The maximum Gasteiger partial charge on any atom is 0.252 e. The second kappa shape index (κ2) is 4.50. The summed E-state index contributed by atoms with van der Waals surface area (Å²) in [5.41, 5.74) is 5.14. The summed E-state index contributed by atoms with van der Waals surface area (Å²) in [5.74, 6) is 0.496. The minimum Gasteiger partial charge on any atom is -0.356 e. The van der Waals surface area contributed by atoms with Crippen molar-refractivity contribution in [3.63, 3.8) is 0 Å². The molecule has 0 aliphatic heterocycles. The molecule has 0 bridgehead atoms. The molecule has 4 N–H and O–H groups in total. The molecule has 0 spiro atoms. The van der Waals surface area contributed by atoms with Gasteiger partial charge in [-0.2, -0.15) is 0 Å². The molecule has 0 radical (unpaired) electrons. The van der Waals surface area contributed by atoms with E-state index in [2.05, 4.69) is 15.3 Å². The van der Waals surface area contributed by atoms with Crippen LogP contribution in [0, 0.1) is 0 Å². The van der Waals surface area contributed by atoms with Crippen molar-refractivity contribution in [3.05, 3.63) is 22.6 Å². The average Bonchev–Trinajstić information content (AvgIpc) is 2.05. The van der Waals surface area contributed by atoms with Gasteiger partial charge >= 0.3 is 0 Å². The van der Waals surface area contributed by atoms with Crippen LogP contribution >= 0.6 is 0 Å². The van der Waals surface area contributed by atoms with Crippen molar-refractivity contribution in [2.24, 2.45) is 5.73 Å². The Balaban J connectivity index is 2.47. The minimum absolute atomic E-state index is 0.153. The zero-order valence-corrected chi connectivity index (χ0v) is 6.71. The summed E-state index contributed by atoms with van der Waals surface area (Å²) in [6.45, 7) is 1.35. The first-order chi connectivity index (χ1) is 5.83. The lowest BCUT2D eigenvalue weighted by molar-refractivity contribution is 0.862. The Bertz CT molecular complexity index is 283. The molecule has 0 fully saturated rings. The topological polar surface area (TPSA) is 83.8 Å². The minimum atomic E-state index is -0.153. The van der Waals surface area contributed by atoms with Crippen LogP contribution < -0.4 is 16.6 Å². The first-order valence-corrected chi connectivity index (χ1v) is 3.82. The predicted molar refractivity (Wildman–Crippen MR) is 47.0 cm³/mol. The van der Waals surface area contributed by atoms with E-state index in [9.17, 15) is 4.79 Å². The van der Waals surface area contributed by atoms with Gasteiger partial charge in [0, 0.05) is 18.8 Å². The molecule has 5 nitrogen and oxygen atoms in total. The van der Waals surface area contributed by atoms with E-state index in [1.165, 1.54) is 12.3 Å². The van der Waals surface area contributed by atoms with Gasteiger partial charge in [-0.3, -0.25) is 9.78 Å². The maximum absolute atomic E-state index is 10.8. The van der Waals surface area contributed by atoms with Crippen LogP contribution in [0.3, 0.4) is 0 Å². The number of aromatic amines is 1. The highest BCUT2D eigenvalue weighted by atomic mass is 16.1. The van der Waals surface area contributed by atoms with E-state index in [0.29, 0.717) is 12.5 Å². The highest BCUT2D eigenvalue weighted by Crippen LogP contribution is 1.89. The SMILES string of the molecule is NCCCNc1nccc(=O)[nH]1.